The van der Waals surface area contributed by atoms with E-state index in [1.165, 1.54) is 17.4 Å². The smallest absolute Gasteiger partial charge is 0.330 e. The summed E-state index contributed by atoms with van der Waals surface area (Å²) < 4.78 is 39.0. The third kappa shape index (κ3) is 3.70. The highest BCUT2D eigenvalue weighted by molar-refractivity contribution is 9.10. The summed E-state index contributed by atoms with van der Waals surface area (Å²) in [5.74, 6) is 0. The van der Waals surface area contributed by atoms with E-state index in [1.807, 2.05) is 24.3 Å². The van der Waals surface area contributed by atoms with E-state index in [9.17, 15) is 13.2 Å². The second kappa shape index (κ2) is 6.29. The molecule has 8 heteroatoms. The van der Waals surface area contributed by atoms with Crippen molar-refractivity contribution in [2.75, 3.05) is 5.32 Å². The zero-order chi connectivity index (χ0) is 16.4. The van der Waals surface area contributed by atoms with Gasteiger partial charge >= 0.3 is 6.18 Å². The molecule has 3 aromatic rings. The number of hydrogen-bond acceptors (Lipinski definition) is 4. The van der Waals surface area contributed by atoms with Crippen LogP contribution < -0.4 is 5.32 Å². The second-order valence-corrected chi connectivity index (χ2v) is 6.43. The minimum Gasteiger partial charge on any atom is -0.330 e. The molecular weight excluding hydrogens is 391 g/mol. The largest absolute Gasteiger partial charge is 0.416 e. The van der Waals surface area contributed by atoms with Gasteiger partial charge in [-0.3, -0.25) is 0 Å². The first-order chi connectivity index (χ1) is 10.9. The van der Waals surface area contributed by atoms with E-state index in [2.05, 4.69) is 31.4 Å². The van der Waals surface area contributed by atoms with Crippen molar-refractivity contribution in [1.82, 2.24) is 10.2 Å². The molecule has 0 radical (unpaired) electrons. The fourth-order valence-corrected chi connectivity index (χ4v) is 3.32. The number of halogens is 4. The number of hydrogen-bond donors (Lipinski definition) is 1. The Morgan fingerprint density at radius 2 is 1.78 bits per heavy atom. The topological polar surface area (TPSA) is 37.8 Å². The number of alkyl halides is 3. The molecule has 0 bridgehead atoms. The predicted octanol–water partition coefficient (Wildman–Crippen LogP) is 5.73. The van der Waals surface area contributed by atoms with Crippen LogP contribution in [0.5, 0.6) is 0 Å². The molecule has 0 aliphatic carbocycles. The van der Waals surface area contributed by atoms with E-state index in [4.69, 9.17) is 0 Å². The average Bonchev–Trinajstić information content (AvgIpc) is 2.95. The third-order valence-corrected chi connectivity index (χ3v) is 4.53. The molecule has 0 spiro atoms. The van der Waals surface area contributed by atoms with Gasteiger partial charge in [0.1, 0.15) is 0 Å². The molecule has 0 unspecified atom stereocenters. The van der Waals surface area contributed by atoms with Crippen molar-refractivity contribution < 1.29 is 13.2 Å². The van der Waals surface area contributed by atoms with Crippen molar-refractivity contribution in [1.29, 1.82) is 0 Å². The second-order valence-electron chi connectivity index (χ2n) is 4.60. The summed E-state index contributed by atoms with van der Waals surface area (Å²) in [6, 6.07) is 12.5. The Morgan fingerprint density at radius 3 is 2.52 bits per heavy atom. The number of nitrogens with one attached hydrogen (secondary N) is 1. The zero-order valence-electron chi connectivity index (χ0n) is 11.4. The molecule has 0 fully saturated rings. The Balaban J connectivity index is 1.84. The van der Waals surface area contributed by atoms with Crippen LogP contribution >= 0.6 is 27.3 Å². The van der Waals surface area contributed by atoms with Crippen LogP contribution in [-0.2, 0) is 6.18 Å². The van der Waals surface area contributed by atoms with E-state index in [1.54, 1.807) is 6.07 Å². The van der Waals surface area contributed by atoms with E-state index >= 15 is 0 Å². The molecule has 0 aliphatic heterocycles. The van der Waals surface area contributed by atoms with Gasteiger partial charge in [0.2, 0.25) is 5.13 Å². The van der Waals surface area contributed by atoms with Gasteiger partial charge in [0.25, 0.3) is 0 Å². The van der Waals surface area contributed by atoms with E-state index < -0.39 is 11.7 Å². The molecule has 0 saturated carbocycles. The molecule has 0 amide bonds. The lowest BCUT2D eigenvalue weighted by Crippen LogP contribution is -2.05. The zero-order valence-corrected chi connectivity index (χ0v) is 13.8. The first-order valence-electron chi connectivity index (χ1n) is 6.46. The summed E-state index contributed by atoms with van der Waals surface area (Å²) in [7, 11) is 0. The molecule has 0 atom stereocenters. The number of nitrogens with zero attached hydrogens (tertiary/aromatic N) is 2. The molecule has 0 aliphatic rings. The highest BCUT2D eigenvalue weighted by Crippen LogP contribution is 2.34. The fraction of sp³-hybridized carbons (Fsp3) is 0.0667. The molecule has 3 rings (SSSR count). The average molecular weight is 400 g/mol. The van der Waals surface area contributed by atoms with Crippen molar-refractivity contribution in [3.63, 3.8) is 0 Å². The van der Waals surface area contributed by atoms with Gasteiger partial charge < -0.3 is 5.32 Å². The maximum absolute atomic E-state index is 12.7. The number of rotatable bonds is 3. The van der Waals surface area contributed by atoms with Gasteiger partial charge in [0.15, 0.2) is 5.01 Å². The normalized spacial score (nSPS) is 11.5. The molecular formula is C15H9BrF3N3S. The van der Waals surface area contributed by atoms with Gasteiger partial charge in [0, 0.05) is 15.7 Å². The minimum atomic E-state index is -4.38. The van der Waals surface area contributed by atoms with Gasteiger partial charge in [-0.2, -0.15) is 13.2 Å². The van der Waals surface area contributed by atoms with Crippen molar-refractivity contribution in [2.45, 2.75) is 6.18 Å². The molecule has 1 heterocycles. The van der Waals surface area contributed by atoms with Gasteiger partial charge in [-0.05, 0) is 24.3 Å². The first-order valence-corrected chi connectivity index (χ1v) is 8.07. The van der Waals surface area contributed by atoms with Crippen LogP contribution in [0, 0.1) is 0 Å². The van der Waals surface area contributed by atoms with Gasteiger partial charge in [-0.15, -0.1) is 10.2 Å². The van der Waals surface area contributed by atoms with Gasteiger partial charge in [0.05, 0.1) is 5.56 Å². The van der Waals surface area contributed by atoms with Crippen LogP contribution in [0.3, 0.4) is 0 Å². The number of anilines is 2. The Labute approximate surface area is 142 Å². The molecule has 2 aromatic carbocycles. The minimum absolute atomic E-state index is 0.314. The molecule has 0 saturated heterocycles. The van der Waals surface area contributed by atoms with Crippen LogP contribution in [0.15, 0.2) is 53.0 Å². The van der Waals surface area contributed by atoms with Crippen molar-refractivity contribution >= 4 is 38.1 Å². The molecule has 118 valence electrons. The summed E-state index contributed by atoms with van der Waals surface area (Å²) >= 11 is 4.70. The van der Waals surface area contributed by atoms with E-state index in [0.29, 0.717) is 15.8 Å². The maximum Gasteiger partial charge on any atom is 0.416 e. The molecule has 3 nitrogen and oxygen atoms in total. The Kier molecular flexibility index (Phi) is 4.36. The maximum atomic E-state index is 12.7. The summed E-state index contributed by atoms with van der Waals surface area (Å²) in [5, 5.41) is 12.0. The van der Waals surface area contributed by atoms with Crippen molar-refractivity contribution in [3.8, 4) is 10.6 Å². The van der Waals surface area contributed by atoms with Gasteiger partial charge in [-0.1, -0.05) is 51.5 Å². The van der Waals surface area contributed by atoms with E-state index in [-0.39, 0.29) is 0 Å². The van der Waals surface area contributed by atoms with Crippen LogP contribution in [0.4, 0.5) is 24.0 Å². The molecule has 1 N–H and O–H groups in total. The Hall–Kier alpha value is -1.93. The van der Waals surface area contributed by atoms with Crippen molar-refractivity contribution in [3.05, 3.63) is 58.6 Å². The monoisotopic (exact) mass is 399 g/mol. The first kappa shape index (κ1) is 15.9. The Bertz CT molecular complexity index is 833. The standard InChI is InChI=1S/C15H9BrF3N3S/c16-12-7-2-1-6-11(12)13-21-22-14(23-13)20-10-5-3-4-9(8-10)15(17,18)19/h1-8H,(H,20,22). The van der Waals surface area contributed by atoms with E-state index in [0.717, 1.165) is 22.2 Å². The van der Waals surface area contributed by atoms with Crippen LogP contribution in [0.1, 0.15) is 5.56 Å². The highest BCUT2D eigenvalue weighted by atomic mass is 79.9. The van der Waals surface area contributed by atoms with Crippen LogP contribution in [0.2, 0.25) is 0 Å². The Morgan fingerprint density at radius 1 is 1.00 bits per heavy atom. The molecule has 1 aromatic heterocycles. The summed E-state index contributed by atoms with van der Waals surface area (Å²) in [6.07, 6.45) is -4.38. The quantitative estimate of drug-likeness (QED) is 0.610. The SMILES string of the molecule is FC(F)(F)c1cccc(Nc2nnc(-c3ccccc3Br)s2)c1. The van der Waals surface area contributed by atoms with Gasteiger partial charge in [-0.25, -0.2) is 0 Å². The summed E-state index contributed by atoms with van der Waals surface area (Å²) in [4.78, 5) is 0. The lowest BCUT2D eigenvalue weighted by molar-refractivity contribution is -0.137. The van der Waals surface area contributed by atoms with Crippen molar-refractivity contribution in [2.24, 2.45) is 0 Å². The predicted molar refractivity (Wildman–Crippen MR) is 87.8 cm³/mol. The summed E-state index contributed by atoms with van der Waals surface area (Å²) in [5.41, 5.74) is 0.481. The fourth-order valence-electron chi connectivity index (χ4n) is 1.91. The number of benzene rings is 2. The third-order valence-electron chi connectivity index (χ3n) is 2.97. The summed E-state index contributed by atoms with van der Waals surface area (Å²) in [6.45, 7) is 0. The lowest BCUT2D eigenvalue weighted by atomic mass is 10.2. The lowest BCUT2D eigenvalue weighted by Gasteiger charge is -2.08. The molecule has 23 heavy (non-hydrogen) atoms. The number of aromatic nitrogens is 2. The highest BCUT2D eigenvalue weighted by Gasteiger charge is 2.30. The van der Waals surface area contributed by atoms with Crippen LogP contribution in [0.25, 0.3) is 10.6 Å². The van der Waals surface area contributed by atoms with Crippen LogP contribution in [-0.4, -0.2) is 10.2 Å².